The zero-order valence-corrected chi connectivity index (χ0v) is 19.9. The first-order valence-corrected chi connectivity index (χ1v) is 12.0. The molecule has 2 aromatic rings. The Balaban J connectivity index is 1.91. The number of aromatic nitrogens is 1. The molecule has 7 nitrogen and oxygen atoms in total. The number of amides is 1. The molecule has 1 aromatic heterocycles. The molecule has 3 rings (SSSR count). The number of esters is 1. The zero-order valence-electron chi connectivity index (χ0n) is 19.1. The lowest BCUT2D eigenvalue weighted by Gasteiger charge is -2.29. The van der Waals surface area contributed by atoms with Crippen LogP contribution in [-0.4, -0.2) is 35.7 Å². The Morgan fingerprint density at radius 2 is 1.94 bits per heavy atom. The first-order valence-electron chi connectivity index (χ1n) is 11.2. The number of thiazole rings is 1. The molecule has 34 heavy (non-hydrogen) atoms. The number of hydrogen-bond acceptors (Lipinski definition) is 6. The van der Waals surface area contributed by atoms with E-state index in [4.69, 9.17) is 4.74 Å². The molecule has 1 aromatic carbocycles. The van der Waals surface area contributed by atoms with Crippen molar-refractivity contribution in [1.29, 1.82) is 0 Å². The summed E-state index contributed by atoms with van der Waals surface area (Å²) in [4.78, 5) is 37.9. The third kappa shape index (κ3) is 6.99. The molecule has 184 valence electrons. The van der Waals surface area contributed by atoms with Gasteiger partial charge in [0.05, 0.1) is 17.2 Å². The molecule has 0 saturated heterocycles. The Bertz CT molecular complexity index is 1170. The average Bonchev–Trinajstić information content (AvgIpc) is 3.05. The highest BCUT2D eigenvalue weighted by atomic mass is 32.1. The van der Waals surface area contributed by atoms with Gasteiger partial charge in [-0.2, -0.15) is 8.78 Å². The van der Waals surface area contributed by atoms with E-state index in [1.165, 1.54) is 34.9 Å². The Morgan fingerprint density at radius 3 is 2.59 bits per heavy atom. The van der Waals surface area contributed by atoms with Crippen LogP contribution in [0.2, 0.25) is 0 Å². The van der Waals surface area contributed by atoms with Gasteiger partial charge in [0.2, 0.25) is 5.91 Å². The van der Waals surface area contributed by atoms with E-state index in [2.05, 4.69) is 17.0 Å². The molecule has 1 N–H and O–H groups in total. The van der Waals surface area contributed by atoms with Gasteiger partial charge in [0.25, 0.3) is 5.56 Å². The summed E-state index contributed by atoms with van der Waals surface area (Å²) in [6, 6.07) is 5.87. The maximum absolute atomic E-state index is 13.1. The van der Waals surface area contributed by atoms with Gasteiger partial charge in [0.15, 0.2) is 0 Å². The van der Waals surface area contributed by atoms with Crippen molar-refractivity contribution in [2.24, 2.45) is 5.92 Å². The Hall–Kier alpha value is -3.01. The van der Waals surface area contributed by atoms with Crippen LogP contribution in [0.15, 0.2) is 29.1 Å². The van der Waals surface area contributed by atoms with Crippen molar-refractivity contribution in [2.45, 2.75) is 58.7 Å². The lowest BCUT2D eigenvalue weighted by atomic mass is 9.86. The quantitative estimate of drug-likeness (QED) is 0.570. The summed E-state index contributed by atoms with van der Waals surface area (Å²) in [5, 5.41) is 3.02. The largest absolute Gasteiger partial charge is 0.463 e. The van der Waals surface area contributed by atoms with Crippen LogP contribution in [0.4, 0.5) is 8.78 Å². The van der Waals surface area contributed by atoms with Crippen LogP contribution >= 0.6 is 11.3 Å². The van der Waals surface area contributed by atoms with Crippen LogP contribution in [0.3, 0.4) is 0 Å². The fourth-order valence-electron chi connectivity index (χ4n) is 3.90. The molecule has 10 heteroatoms. The number of nitrogens with zero attached hydrogens (tertiary/aromatic N) is 1. The fraction of sp³-hybridized carbons (Fsp3) is 0.458. The second-order valence-corrected chi connectivity index (χ2v) is 9.18. The monoisotopic (exact) mass is 494 g/mol. The van der Waals surface area contributed by atoms with Gasteiger partial charge >= 0.3 is 12.6 Å². The molecular formula is C24H28F2N2O5S. The van der Waals surface area contributed by atoms with E-state index >= 15 is 0 Å². The van der Waals surface area contributed by atoms with E-state index in [0.717, 1.165) is 37.0 Å². The third-order valence-electron chi connectivity index (χ3n) is 5.63. The summed E-state index contributed by atoms with van der Waals surface area (Å²) in [5.74, 6) is -0.542. The first-order chi connectivity index (χ1) is 16.3. The van der Waals surface area contributed by atoms with E-state index in [-0.39, 0.29) is 35.4 Å². The average molecular weight is 495 g/mol. The van der Waals surface area contributed by atoms with Crippen molar-refractivity contribution >= 4 is 35.4 Å². The van der Waals surface area contributed by atoms with E-state index in [9.17, 15) is 23.2 Å². The lowest BCUT2D eigenvalue weighted by molar-refractivity contribution is -0.135. The van der Waals surface area contributed by atoms with Gasteiger partial charge in [-0.25, -0.2) is 4.79 Å². The molecule has 0 radical (unpaired) electrons. The smallest absolute Gasteiger partial charge is 0.387 e. The molecule has 1 fully saturated rings. The minimum absolute atomic E-state index is 0.000635. The first kappa shape index (κ1) is 25.6. The van der Waals surface area contributed by atoms with Gasteiger partial charge in [0.1, 0.15) is 17.0 Å². The van der Waals surface area contributed by atoms with Crippen LogP contribution in [0.25, 0.3) is 12.2 Å². The van der Waals surface area contributed by atoms with Crippen molar-refractivity contribution in [1.82, 2.24) is 9.88 Å². The van der Waals surface area contributed by atoms with Gasteiger partial charge in [-0.1, -0.05) is 31.9 Å². The standard InChI is InChI=1S/C24H28F2N2O5S/c1-3-32-22(30)13-21-28(14-20(29)27-18-7-5-4-6-15(18)2)23(31)19(34-21)12-16-8-10-17(11-9-16)33-24(25)26/h8-13,15,18,24H,3-7,14H2,1-2H3,(H,27,29). The molecule has 2 atom stereocenters. The van der Waals surface area contributed by atoms with E-state index < -0.39 is 18.1 Å². The second-order valence-electron chi connectivity index (χ2n) is 8.12. The van der Waals surface area contributed by atoms with Crippen molar-refractivity contribution in [3.63, 3.8) is 0 Å². The normalized spacial score (nSPS) is 19.3. The predicted octanol–water partition coefficient (Wildman–Crippen LogP) is 2.38. The predicted molar refractivity (Wildman–Crippen MR) is 125 cm³/mol. The van der Waals surface area contributed by atoms with E-state index in [0.29, 0.717) is 16.1 Å². The summed E-state index contributed by atoms with van der Waals surface area (Å²) < 4.78 is 35.8. The van der Waals surface area contributed by atoms with Crippen LogP contribution in [0.5, 0.6) is 5.75 Å². The number of carbonyl (C=O) groups is 2. The summed E-state index contributed by atoms with van der Waals surface area (Å²) >= 11 is 1.05. The number of hydrogen-bond donors (Lipinski definition) is 1. The number of benzene rings is 1. The van der Waals surface area contributed by atoms with Crippen molar-refractivity contribution < 1.29 is 27.8 Å². The summed E-state index contributed by atoms with van der Waals surface area (Å²) in [7, 11) is 0. The number of rotatable bonds is 8. The van der Waals surface area contributed by atoms with Crippen molar-refractivity contribution in [3.05, 3.63) is 49.4 Å². The molecular weight excluding hydrogens is 466 g/mol. The number of halogens is 2. The van der Waals surface area contributed by atoms with E-state index in [1.807, 2.05) is 0 Å². The van der Waals surface area contributed by atoms with Gasteiger partial charge in [-0.05, 0) is 49.5 Å². The maximum Gasteiger partial charge on any atom is 0.387 e. The molecule has 2 unspecified atom stereocenters. The highest BCUT2D eigenvalue weighted by Gasteiger charge is 2.23. The second kappa shape index (κ2) is 11.9. The van der Waals surface area contributed by atoms with Crippen LogP contribution in [-0.2, 0) is 20.9 Å². The molecule has 1 amide bonds. The summed E-state index contributed by atoms with van der Waals surface area (Å²) in [6.07, 6.45) is 6.91. The molecule has 1 aliphatic rings. The Morgan fingerprint density at radius 1 is 1.24 bits per heavy atom. The topological polar surface area (TPSA) is 86.6 Å². The molecule has 1 aliphatic carbocycles. The number of ether oxygens (including phenoxy) is 2. The number of carbonyl (C=O) groups excluding carboxylic acids is 2. The molecule has 0 bridgehead atoms. The molecule has 1 heterocycles. The number of nitrogens with one attached hydrogen (secondary N) is 1. The van der Waals surface area contributed by atoms with E-state index in [1.54, 1.807) is 13.0 Å². The molecule has 0 spiro atoms. The van der Waals surface area contributed by atoms with Crippen LogP contribution in [0.1, 0.15) is 45.1 Å². The highest BCUT2D eigenvalue weighted by Crippen LogP contribution is 2.23. The molecule has 0 aliphatic heterocycles. The minimum Gasteiger partial charge on any atom is -0.463 e. The zero-order chi connectivity index (χ0) is 24.7. The highest BCUT2D eigenvalue weighted by molar-refractivity contribution is 7.07. The van der Waals surface area contributed by atoms with Gasteiger partial charge in [-0.15, -0.1) is 11.3 Å². The van der Waals surface area contributed by atoms with Crippen LogP contribution < -0.4 is 24.8 Å². The fourth-order valence-corrected chi connectivity index (χ4v) is 4.93. The Labute approximate surface area is 199 Å². The molecule has 1 saturated carbocycles. The minimum atomic E-state index is -2.93. The van der Waals surface area contributed by atoms with Gasteiger partial charge in [0, 0.05) is 6.04 Å². The van der Waals surface area contributed by atoms with Gasteiger partial charge in [-0.3, -0.25) is 14.2 Å². The third-order valence-corrected chi connectivity index (χ3v) is 6.69. The number of alkyl halides is 2. The van der Waals surface area contributed by atoms with Crippen LogP contribution in [0, 0.1) is 5.92 Å². The summed E-state index contributed by atoms with van der Waals surface area (Å²) in [5.41, 5.74) is 0.149. The van der Waals surface area contributed by atoms with Gasteiger partial charge < -0.3 is 14.8 Å². The lowest BCUT2D eigenvalue weighted by Crippen LogP contribution is -2.45. The van der Waals surface area contributed by atoms with Crippen molar-refractivity contribution in [2.75, 3.05) is 6.61 Å². The maximum atomic E-state index is 13.1. The van der Waals surface area contributed by atoms with Crippen molar-refractivity contribution in [3.8, 4) is 5.75 Å². The summed E-state index contributed by atoms with van der Waals surface area (Å²) in [6.45, 7) is 0.802. The Kier molecular flexibility index (Phi) is 8.98. The SMILES string of the molecule is CCOC(=O)C=c1sc(=Cc2ccc(OC(F)F)cc2)c(=O)n1CC(=O)NC1CCCCC1C.